The average Bonchev–Trinajstić information content (AvgIpc) is 2.34. The molecule has 1 aromatic rings. The van der Waals surface area contributed by atoms with Gasteiger partial charge in [0, 0.05) is 23.9 Å². The van der Waals surface area contributed by atoms with E-state index in [2.05, 4.69) is 0 Å². The lowest BCUT2D eigenvalue weighted by molar-refractivity contribution is -0.135. The first-order valence-electron chi connectivity index (χ1n) is 5.93. The van der Waals surface area contributed by atoms with Gasteiger partial charge in [-0.05, 0) is 30.7 Å². The fraction of sp³-hybridized carbons (Fsp3) is 0.462. The van der Waals surface area contributed by atoms with Crippen molar-refractivity contribution in [1.29, 1.82) is 0 Å². The molecular formula is C13H18ClNO3. The number of aliphatic carboxylic acids is 1. The minimum absolute atomic E-state index is 0.0445. The van der Waals surface area contributed by atoms with E-state index in [1.807, 2.05) is 19.1 Å². The Labute approximate surface area is 112 Å². The van der Waals surface area contributed by atoms with E-state index in [1.54, 1.807) is 17.0 Å². The number of ether oxygens (including phenoxy) is 1. The Balaban J connectivity index is 2.59. The summed E-state index contributed by atoms with van der Waals surface area (Å²) in [6.07, 6.45) is 0.958. The number of hydrogen-bond donors (Lipinski definition) is 1. The zero-order chi connectivity index (χ0) is 13.4. The maximum absolute atomic E-state index is 10.8. The van der Waals surface area contributed by atoms with Gasteiger partial charge in [0.15, 0.2) is 0 Å². The standard InChI is InChI=1S/C13H18ClNO3/c1-2-8-18-9-7-15(10-13(16)17)12-5-3-11(14)4-6-12/h3-6H,2,7-10H2,1H3,(H,16,17). The molecule has 0 saturated heterocycles. The molecule has 4 nitrogen and oxygen atoms in total. The first kappa shape index (κ1) is 14.8. The molecule has 0 amide bonds. The number of nitrogens with zero attached hydrogens (tertiary/aromatic N) is 1. The van der Waals surface area contributed by atoms with Gasteiger partial charge >= 0.3 is 5.97 Å². The van der Waals surface area contributed by atoms with Gasteiger partial charge in [0.25, 0.3) is 0 Å². The van der Waals surface area contributed by atoms with Crippen LogP contribution in [0, 0.1) is 0 Å². The molecule has 0 saturated carbocycles. The number of carboxylic acids is 1. The van der Waals surface area contributed by atoms with Crippen molar-refractivity contribution in [3.05, 3.63) is 29.3 Å². The van der Waals surface area contributed by atoms with Crippen molar-refractivity contribution in [3.63, 3.8) is 0 Å². The lowest BCUT2D eigenvalue weighted by Gasteiger charge is -2.22. The summed E-state index contributed by atoms with van der Waals surface area (Å²) in [6.45, 7) is 3.75. The molecule has 18 heavy (non-hydrogen) atoms. The Bertz CT molecular complexity index is 367. The van der Waals surface area contributed by atoms with Crippen molar-refractivity contribution < 1.29 is 14.6 Å². The molecule has 0 unspecified atom stereocenters. The summed E-state index contributed by atoms with van der Waals surface area (Å²) in [5.41, 5.74) is 0.835. The summed E-state index contributed by atoms with van der Waals surface area (Å²) in [4.78, 5) is 12.6. The van der Waals surface area contributed by atoms with Crippen LogP contribution in [0.4, 0.5) is 5.69 Å². The van der Waals surface area contributed by atoms with E-state index in [1.165, 1.54) is 0 Å². The van der Waals surface area contributed by atoms with Crippen LogP contribution in [-0.4, -0.2) is 37.4 Å². The molecule has 1 N–H and O–H groups in total. The molecule has 0 aliphatic rings. The monoisotopic (exact) mass is 271 g/mol. The zero-order valence-electron chi connectivity index (χ0n) is 10.4. The van der Waals surface area contributed by atoms with Crippen molar-refractivity contribution >= 4 is 23.3 Å². The Morgan fingerprint density at radius 3 is 2.56 bits per heavy atom. The van der Waals surface area contributed by atoms with Crippen molar-refractivity contribution in [2.24, 2.45) is 0 Å². The highest BCUT2D eigenvalue weighted by Crippen LogP contribution is 2.17. The number of carbonyl (C=O) groups is 1. The van der Waals surface area contributed by atoms with Crippen molar-refractivity contribution in [3.8, 4) is 0 Å². The topological polar surface area (TPSA) is 49.8 Å². The fourth-order valence-corrected chi connectivity index (χ4v) is 1.66. The highest BCUT2D eigenvalue weighted by atomic mass is 35.5. The maximum atomic E-state index is 10.8. The van der Waals surface area contributed by atoms with Gasteiger partial charge in [-0.3, -0.25) is 4.79 Å². The van der Waals surface area contributed by atoms with E-state index >= 15 is 0 Å². The van der Waals surface area contributed by atoms with Crippen LogP contribution in [0.2, 0.25) is 5.02 Å². The molecule has 1 aromatic carbocycles. The van der Waals surface area contributed by atoms with Crippen LogP contribution in [0.3, 0.4) is 0 Å². The number of hydrogen-bond acceptors (Lipinski definition) is 3. The van der Waals surface area contributed by atoms with Gasteiger partial charge in [-0.2, -0.15) is 0 Å². The predicted molar refractivity (Wildman–Crippen MR) is 72.4 cm³/mol. The second kappa shape index (κ2) is 7.95. The van der Waals surface area contributed by atoms with Crippen LogP contribution in [0.25, 0.3) is 0 Å². The van der Waals surface area contributed by atoms with E-state index in [9.17, 15) is 4.79 Å². The number of halogens is 1. The molecule has 0 aliphatic carbocycles. The highest BCUT2D eigenvalue weighted by Gasteiger charge is 2.10. The second-order valence-corrected chi connectivity index (χ2v) is 4.34. The minimum atomic E-state index is -0.861. The lowest BCUT2D eigenvalue weighted by Crippen LogP contribution is -2.32. The Kier molecular flexibility index (Phi) is 6.54. The van der Waals surface area contributed by atoms with E-state index in [0.29, 0.717) is 24.8 Å². The van der Waals surface area contributed by atoms with Gasteiger partial charge in [-0.15, -0.1) is 0 Å². The van der Waals surface area contributed by atoms with Gasteiger partial charge in [0.2, 0.25) is 0 Å². The molecule has 0 aromatic heterocycles. The Morgan fingerprint density at radius 2 is 2.00 bits per heavy atom. The third-order valence-corrected chi connectivity index (χ3v) is 2.62. The molecule has 1 rings (SSSR count). The number of carboxylic acid groups (broad SMARTS) is 1. The first-order chi connectivity index (χ1) is 8.63. The van der Waals surface area contributed by atoms with Gasteiger partial charge in [-0.25, -0.2) is 0 Å². The lowest BCUT2D eigenvalue weighted by atomic mass is 10.3. The molecule has 0 fully saturated rings. The summed E-state index contributed by atoms with van der Waals surface area (Å²) >= 11 is 5.81. The Hall–Kier alpha value is -1.26. The van der Waals surface area contributed by atoms with Crippen LogP contribution in [0.1, 0.15) is 13.3 Å². The summed E-state index contributed by atoms with van der Waals surface area (Å²) in [6, 6.07) is 7.12. The van der Waals surface area contributed by atoms with Crippen molar-refractivity contribution in [2.45, 2.75) is 13.3 Å². The van der Waals surface area contributed by atoms with Crippen molar-refractivity contribution in [1.82, 2.24) is 0 Å². The van der Waals surface area contributed by atoms with E-state index < -0.39 is 5.97 Å². The first-order valence-corrected chi connectivity index (χ1v) is 6.31. The second-order valence-electron chi connectivity index (χ2n) is 3.90. The summed E-state index contributed by atoms with van der Waals surface area (Å²) in [5, 5.41) is 9.53. The van der Waals surface area contributed by atoms with Gasteiger partial charge in [0.05, 0.1) is 6.61 Å². The molecular weight excluding hydrogens is 254 g/mol. The average molecular weight is 272 g/mol. The Morgan fingerprint density at radius 1 is 1.33 bits per heavy atom. The fourth-order valence-electron chi connectivity index (χ4n) is 1.54. The third kappa shape index (κ3) is 5.38. The third-order valence-electron chi connectivity index (χ3n) is 2.37. The number of rotatable bonds is 8. The SMILES string of the molecule is CCCOCCN(CC(=O)O)c1ccc(Cl)cc1. The maximum Gasteiger partial charge on any atom is 0.323 e. The van der Waals surface area contributed by atoms with E-state index in [-0.39, 0.29) is 6.54 Å². The molecule has 0 atom stereocenters. The zero-order valence-corrected chi connectivity index (χ0v) is 11.2. The van der Waals surface area contributed by atoms with Crippen LogP contribution in [0.15, 0.2) is 24.3 Å². The molecule has 100 valence electrons. The molecule has 0 spiro atoms. The molecule has 0 aliphatic heterocycles. The summed E-state index contributed by atoms with van der Waals surface area (Å²) in [7, 11) is 0. The molecule has 5 heteroatoms. The molecule has 0 bridgehead atoms. The van der Waals surface area contributed by atoms with Crippen LogP contribution in [0.5, 0.6) is 0 Å². The van der Waals surface area contributed by atoms with Crippen LogP contribution < -0.4 is 4.90 Å². The minimum Gasteiger partial charge on any atom is -0.480 e. The van der Waals surface area contributed by atoms with Crippen LogP contribution >= 0.6 is 11.6 Å². The van der Waals surface area contributed by atoms with Gasteiger partial charge in [-0.1, -0.05) is 18.5 Å². The van der Waals surface area contributed by atoms with Crippen molar-refractivity contribution in [2.75, 3.05) is 31.2 Å². The van der Waals surface area contributed by atoms with E-state index in [0.717, 1.165) is 12.1 Å². The predicted octanol–water partition coefficient (Wildman–Crippen LogP) is 2.66. The van der Waals surface area contributed by atoms with Crippen LogP contribution in [-0.2, 0) is 9.53 Å². The van der Waals surface area contributed by atoms with E-state index in [4.69, 9.17) is 21.4 Å². The number of anilines is 1. The quantitative estimate of drug-likeness (QED) is 0.739. The van der Waals surface area contributed by atoms with Gasteiger partial charge < -0.3 is 14.7 Å². The molecule has 0 heterocycles. The largest absolute Gasteiger partial charge is 0.480 e. The van der Waals surface area contributed by atoms with Gasteiger partial charge in [0.1, 0.15) is 6.54 Å². The normalized spacial score (nSPS) is 10.3. The number of benzene rings is 1. The highest BCUT2D eigenvalue weighted by molar-refractivity contribution is 6.30. The smallest absolute Gasteiger partial charge is 0.323 e. The summed E-state index contributed by atoms with van der Waals surface area (Å²) in [5.74, 6) is -0.861. The molecule has 0 radical (unpaired) electrons. The summed E-state index contributed by atoms with van der Waals surface area (Å²) < 4.78 is 5.38.